The Morgan fingerprint density at radius 2 is 1.78 bits per heavy atom. The van der Waals surface area contributed by atoms with E-state index in [9.17, 15) is 8.42 Å². The summed E-state index contributed by atoms with van der Waals surface area (Å²) >= 11 is 3.13. The Bertz CT molecular complexity index is 780. The summed E-state index contributed by atoms with van der Waals surface area (Å²) in [4.78, 5) is 7.90. The Hall–Kier alpha value is -0.760. The van der Waals surface area contributed by atoms with Crippen molar-refractivity contribution in [1.82, 2.24) is 9.71 Å². The highest BCUT2D eigenvalue weighted by Gasteiger charge is 2.25. The number of thiophene rings is 1. The largest absolute Gasteiger partial charge is 0.241 e. The van der Waals surface area contributed by atoms with Crippen molar-refractivity contribution < 1.29 is 8.42 Å². The molecular weight excluding hydrogens is 348 g/mol. The zero-order chi connectivity index (χ0) is 16.6. The minimum Gasteiger partial charge on any atom is -0.240 e. The van der Waals surface area contributed by atoms with Gasteiger partial charge in [-0.05, 0) is 39.7 Å². The number of aromatic nitrogens is 1. The first-order valence-corrected chi connectivity index (χ1v) is 11.1. The van der Waals surface area contributed by atoms with Crippen molar-refractivity contribution in [1.29, 1.82) is 0 Å². The summed E-state index contributed by atoms with van der Waals surface area (Å²) in [6, 6.07) is 1.86. The van der Waals surface area contributed by atoms with Crippen LogP contribution in [0.4, 0.5) is 0 Å². The lowest BCUT2D eigenvalue weighted by molar-refractivity contribution is 0.412. The molecule has 0 unspecified atom stereocenters. The number of aryl methyl sites for hydroxylation is 3. The fraction of sp³-hybridized carbons (Fsp3) is 0.562. The second kappa shape index (κ2) is 6.63. The van der Waals surface area contributed by atoms with Crippen LogP contribution in [0.3, 0.4) is 0 Å². The fourth-order valence-corrected chi connectivity index (χ4v) is 6.78. The molecule has 0 spiro atoms. The monoisotopic (exact) mass is 370 g/mol. The van der Waals surface area contributed by atoms with E-state index in [1.165, 1.54) is 22.6 Å². The summed E-state index contributed by atoms with van der Waals surface area (Å²) in [6.07, 6.45) is 5.32. The topological polar surface area (TPSA) is 59.1 Å². The van der Waals surface area contributed by atoms with Crippen molar-refractivity contribution in [2.24, 2.45) is 0 Å². The van der Waals surface area contributed by atoms with Crippen LogP contribution in [0.2, 0.25) is 0 Å². The Labute approximate surface area is 146 Å². The summed E-state index contributed by atoms with van der Waals surface area (Å²) in [6.45, 7) is 5.90. The van der Waals surface area contributed by atoms with Gasteiger partial charge >= 0.3 is 0 Å². The van der Waals surface area contributed by atoms with E-state index >= 15 is 0 Å². The predicted molar refractivity (Wildman–Crippen MR) is 96.8 cm³/mol. The standard InChI is InChI=1S/C16H22N2O2S3/c1-10-11(2)22-16(17-10)14-9-15(12(3)21-14)23(19,20)18-13-7-5-4-6-8-13/h9,13,18H,4-8H2,1-3H3. The van der Waals surface area contributed by atoms with Crippen LogP contribution in [0.15, 0.2) is 11.0 Å². The third kappa shape index (κ3) is 3.68. The molecule has 1 aliphatic rings. The molecule has 2 heterocycles. The Morgan fingerprint density at radius 3 is 2.39 bits per heavy atom. The van der Waals surface area contributed by atoms with E-state index in [1.807, 2.05) is 20.8 Å². The van der Waals surface area contributed by atoms with E-state index in [1.54, 1.807) is 17.4 Å². The first-order chi connectivity index (χ1) is 10.9. The molecule has 3 rings (SSSR count). The minimum atomic E-state index is -3.44. The third-order valence-corrected chi connectivity index (χ3v) is 8.40. The Morgan fingerprint density at radius 1 is 1.09 bits per heavy atom. The average molecular weight is 371 g/mol. The van der Waals surface area contributed by atoms with Gasteiger partial charge in [-0.3, -0.25) is 0 Å². The molecular formula is C16H22N2O2S3. The molecule has 1 fully saturated rings. The summed E-state index contributed by atoms with van der Waals surface area (Å²) in [7, 11) is -3.44. The van der Waals surface area contributed by atoms with Crippen LogP contribution >= 0.6 is 22.7 Å². The summed E-state index contributed by atoms with van der Waals surface area (Å²) < 4.78 is 28.3. The average Bonchev–Trinajstić information content (AvgIpc) is 3.04. The first-order valence-electron chi connectivity index (χ1n) is 7.94. The summed E-state index contributed by atoms with van der Waals surface area (Å²) in [5, 5.41) is 0.909. The highest BCUT2D eigenvalue weighted by atomic mass is 32.2. The number of nitrogens with one attached hydrogen (secondary N) is 1. The third-order valence-electron chi connectivity index (χ3n) is 4.33. The van der Waals surface area contributed by atoms with Crippen molar-refractivity contribution in [3.05, 3.63) is 21.5 Å². The molecule has 1 N–H and O–H groups in total. The molecule has 4 nitrogen and oxygen atoms in total. The highest BCUT2D eigenvalue weighted by Crippen LogP contribution is 2.36. The van der Waals surface area contributed by atoms with Crippen LogP contribution < -0.4 is 4.72 Å². The van der Waals surface area contributed by atoms with Gasteiger partial charge in [-0.15, -0.1) is 22.7 Å². The maximum Gasteiger partial charge on any atom is 0.241 e. The molecule has 7 heteroatoms. The fourth-order valence-electron chi connectivity index (χ4n) is 2.92. The molecule has 0 atom stereocenters. The predicted octanol–water partition coefficient (Wildman–Crippen LogP) is 4.41. The van der Waals surface area contributed by atoms with Crippen molar-refractivity contribution >= 4 is 32.7 Å². The van der Waals surface area contributed by atoms with E-state index in [0.29, 0.717) is 4.90 Å². The van der Waals surface area contributed by atoms with Crippen LogP contribution in [0.1, 0.15) is 47.6 Å². The van der Waals surface area contributed by atoms with Gasteiger partial charge in [-0.25, -0.2) is 18.1 Å². The Kier molecular flexibility index (Phi) is 4.92. The molecule has 1 aliphatic carbocycles. The van der Waals surface area contributed by atoms with Gasteiger partial charge in [0.2, 0.25) is 10.0 Å². The van der Waals surface area contributed by atoms with Gasteiger partial charge in [0.25, 0.3) is 0 Å². The Balaban J connectivity index is 1.87. The number of sulfonamides is 1. The maximum atomic E-state index is 12.7. The molecule has 23 heavy (non-hydrogen) atoms. The van der Waals surface area contributed by atoms with Gasteiger partial charge in [0.1, 0.15) is 5.01 Å². The normalized spacial score (nSPS) is 16.8. The lowest BCUT2D eigenvalue weighted by Crippen LogP contribution is -2.36. The van der Waals surface area contributed by atoms with Crippen LogP contribution in [0, 0.1) is 20.8 Å². The van der Waals surface area contributed by atoms with Crippen molar-refractivity contribution in [2.45, 2.75) is 63.8 Å². The minimum absolute atomic E-state index is 0.0841. The molecule has 2 aromatic rings. The zero-order valence-electron chi connectivity index (χ0n) is 13.7. The van der Waals surface area contributed by atoms with Crippen molar-refractivity contribution in [2.75, 3.05) is 0 Å². The SMILES string of the molecule is Cc1nc(-c2cc(S(=O)(=O)NC3CCCCC3)c(C)s2)sc1C. The zero-order valence-corrected chi connectivity index (χ0v) is 16.1. The lowest BCUT2D eigenvalue weighted by Gasteiger charge is -2.22. The number of rotatable bonds is 4. The van der Waals surface area contributed by atoms with Crippen LogP contribution in [-0.4, -0.2) is 19.4 Å². The van der Waals surface area contributed by atoms with Gasteiger partial charge in [0.15, 0.2) is 0 Å². The van der Waals surface area contributed by atoms with E-state index in [-0.39, 0.29) is 6.04 Å². The number of hydrogen-bond acceptors (Lipinski definition) is 5. The molecule has 0 radical (unpaired) electrons. The molecule has 126 valence electrons. The maximum absolute atomic E-state index is 12.7. The number of hydrogen-bond donors (Lipinski definition) is 1. The quantitative estimate of drug-likeness (QED) is 0.867. The van der Waals surface area contributed by atoms with Crippen molar-refractivity contribution in [3.63, 3.8) is 0 Å². The van der Waals surface area contributed by atoms with Crippen LogP contribution in [0.5, 0.6) is 0 Å². The molecule has 0 aromatic carbocycles. The molecule has 0 aliphatic heterocycles. The van der Waals surface area contributed by atoms with E-state index in [2.05, 4.69) is 9.71 Å². The number of thiazole rings is 1. The van der Waals surface area contributed by atoms with E-state index < -0.39 is 10.0 Å². The summed E-state index contributed by atoms with van der Waals surface area (Å²) in [5.41, 5.74) is 1.01. The van der Waals surface area contributed by atoms with Crippen molar-refractivity contribution in [3.8, 4) is 9.88 Å². The van der Waals surface area contributed by atoms with Gasteiger partial charge in [-0.1, -0.05) is 19.3 Å². The highest BCUT2D eigenvalue weighted by molar-refractivity contribution is 7.89. The second-order valence-electron chi connectivity index (χ2n) is 6.15. The molecule has 2 aromatic heterocycles. The van der Waals surface area contributed by atoms with Crippen LogP contribution in [0.25, 0.3) is 9.88 Å². The first kappa shape index (κ1) is 17.1. The molecule has 0 amide bonds. The van der Waals surface area contributed by atoms with E-state index in [4.69, 9.17) is 0 Å². The van der Waals surface area contributed by atoms with Gasteiger partial charge in [0, 0.05) is 15.8 Å². The second-order valence-corrected chi connectivity index (χ2v) is 10.3. The molecule has 0 saturated heterocycles. The molecule has 1 saturated carbocycles. The molecule has 0 bridgehead atoms. The lowest BCUT2D eigenvalue weighted by atomic mass is 9.96. The smallest absolute Gasteiger partial charge is 0.240 e. The van der Waals surface area contributed by atoms with E-state index in [0.717, 1.165) is 46.1 Å². The van der Waals surface area contributed by atoms with Gasteiger partial charge in [-0.2, -0.15) is 0 Å². The van der Waals surface area contributed by atoms with Crippen LogP contribution in [-0.2, 0) is 10.0 Å². The summed E-state index contributed by atoms with van der Waals surface area (Å²) in [5.74, 6) is 0. The number of nitrogens with zero attached hydrogens (tertiary/aromatic N) is 1. The van der Waals surface area contributed by atoms with Gasteiger partial charge in [0.05, 0.1) is 15.5 Å². The van der Waals surface area contributed by atoms with Gasteiger partial charge < -0.3 is 0 Å².